The first-order valence-corrected chi connectivity index (χ1v) is 5.85. The number of fused-ring (bicyclic) bond motifs is 1. The Bertz CT molecular complexity index is 656. The Morgan fingerprint density at radius 3 is 2.48 bits per heavy atom. The fourth-order valence-corrected chi connectivity index (χ4v) is 2.10. The van der Waals surface area contributed by atoms with Crippen LogP contribution in [0.4, 0.5) is 14.5 Å². The molecular weight excluding hydrogens is 288 g/mol. The van der Waals surface area contributed by atoms with E-state index in [0.29, 0.717) is 4.90 Å². The Labute approximate surface area is 117 Å². The molecule has 2 rings (SSSR count). The third kappa shape index (κ3) is 2.27. The highest BCUT2D eigenvalue weighted by molar-refractivity contribution is 6.52. The molecule has 112 valence electrons. The molecule has 0 aliphatic carbocycles. The van der Waals surface area contributed by atoms with Crippen molar-refractivity contribution in [3.63, 3.8) is 0 Å². The van der Waals surface area contributed by atoms with Crippen molar-refractivity contribution in [2.45, 2.75) is 12.5 Å². The molecule has 1 aromatic carbocycles. The van der Waals surface area contributed by atoms with E-state index < -0.39 is 52.7 Å². The van der Waals surface area contributed by atoms with E-state index in [4.69, 9.17) is 0 Å². The molecule has 1 aliphatic rings. The quantitative estimate of drug-likeness (QED) is 0.646. The highest BCUT2D eigenvalue weighted by Crippen LogP contribution is 2.34. The van der Waals surface area contributed by atoms with Gasteiger partial charge in [-0.25, -0.2) is 13.6 Å². The largest absolute Gasteiger partial charge is 0.467 e. The summed E-state index contributed by atoms with van der Waals surface area (Å²) in [7, 11) is 1.02. The van der Waals surface area contributed by atoms with E-state index in [0.717, 1.165) is 26.2 Å². The normalized spacial score (nSPS) is 16.7. The number of methoxy groups -OCH3 is 1. The number of β-amino-alcohol motifs (C(OH)–C–C–N with tert-alkyl or cyclic N) is 1. The smallest absolute Gasteiger partial charge is 0.339 e. The maximum absolute atomic E-state index is 13.8. The lowest BCUT2D eigenvalue weighted by molar-refractivity contribution is -0.159. The van der Waals surface area contributed by atoms with Crippen LogP contribution in [0.15, 0.2) is 12.1 Å². The third-order valence-electron chi connectivity index (χ3n) is 3.11. The molecule has 0 spiro atoms. The molecule has 1 N–H and O–H groups in total. The second-order valence-electron chi connectivity index (χ2n) is 4.74. The number of Topliss-reactive ketones (excluding diaryl/α,β-unsaturated/α-hetero) is 1. The number of carbonyl (C=O) groups excluding carboxylic acids is 3. The maximum atomic E-state index is 13.8. The maximum Gasteiger partial charge on any atom is 0.339 e. The lowest BCUT2D eigenvalue weighted by Crippen LogP contribution is -2.49. The Hall–Kier alpha value is -2.35. The van der Waals surface area contributed by atoms with Gasteiger partial charge in [0.25, 0.3) is 11.7 Å². The monoisotopic (exact) mass is 299 g/mol. The average Bonchev–Trinajstić information content (AvgIpc) is 2.67. The van der Waals surface area contributed by atoms with Crippen molar-refractivity contribution in [3.05, 3.63) is 29.3 Å². The van der Waals surface area contributed by atoms with Crippen molar-refractivity contribution in [3.8, 4) is 0 Å². The zero-order valence-corrected chi connectivity index (χ0v) is 11.1. The third-order valence-corrected chi connectivity index (χ3v) is 3.11. The van der Waals surface area contributed by atoms with Gasteiger partial charge in [0.2, 0.25) is 0 Å². The molecule has 1 amide bonds. The first-order valence-electron chi connectivity index (χ1n) is 5.85. The number of ketones is 1. The number of anilines is 1. The van der Waals surface area contributed by atoms with Crippen LogP contribution < -0.4 is 4.90 Å². The first kappa shape index (κ1) is 15.0. The van der Waals surface area contributed by atoms with Crippen molar-refractivity contribution >= 4 is 23.3 Å². The van der Waals surface area contributed by atoms with Gasteiger partial charge in [0, 0.05) is 0 Å². The number of carbonyl (C=O) groups is 3. The number of ether oxygens (including phenoxy) is 1. The first-order chi connectivity index (χ1) is 9.70. The average molecular weight is 299 g/mol. The van der Waals surface area contributed by atoms with Crippen LogP contribution in [0.5, 0.6) is 0 Å². The number of hydrogen-bond acceptors (Lipinski definition) is 5. The SMILES string of the molecule is COC(=O)C(C)(O)CN1C(=O)C(=O)c2c(F)ccc(F)c21. The fraction of sp³-hybridized carbons (Fsp3) is 0.308. The van der Waals surface area contributed by atoms with Gasteiger partial charge in [-0.2, -0.15) is 0 Å². The molecule has 0 fully saturated rings. The van der Waals surface area contributed by atoms with Crippen molar-refractivity contribution < 1.29 is 33.0 Å². The molecule has 1 aromatic rings. The molecule has 1 unspecified atom stereocenters. The lowest BCUT2D eigenvalue weighted by atomic mass is 10.1. The minimum atomic E-state index is -2.18. The highest BCUT2D eigenvalue weighted by Gasteiger charge is 2.45. The number of rotatable bonds is 3. The van der Waals surface area contributed by atoms with Crippen LogP contribution in [0.25, 0.3) is 0 Å². The number of benzene rings is 1. The Morgan fingerprint density at radius 1 is 1.33 bits per heavy atom. The predicted molar refractivity (Wildman–Crippen MR) is 65.7 cm³/mol. The number of amides is 1. The molecule has 0 saturated heterocycles. The van der Waals surface area contributed by atoms with Crippen LogP contribution in [0.1, 0.15) is 17.3 Å². The van der Waals surface area contributed by atoms with Crippen LogP contribution in [0.3, 0.4) is 0 Å². The fourth-order valence-electron chi connectivity index (χ4n) is 2.10. The summed E-state index contributed by atoms with van der Waals surface area (Å²) < 4.78 is 31.8. The number of halogens is 2. The molecule has 1 heterocycles. The zero-order valence-electron chi connectivity index (χ0n) is 11.1. The van der Waals surface area contributed by atoms with Crippen LogP contribution in [0, 0.1) is 11.6 Å². The summed E-state index contributed by atoms with van der Waals surface area (Å²) in [5, 5.41) is 9.94. The van der Waals surface area contributed by atoms with E-state index >= 15 is 0 Å². The van der Waals surface area contributed by atoms with Gasteiger partial charge < -0.3 is 9.84 Å². The zero-order chi connectivity index (χ0) is 15.9. The molecule has 1 aliphatic heterocycles. The van der Waals surface area contributed by atoms with Crippen LogP contribution in [0.2, 0.25) is 0 Å². The highest BCUT2D eigenvalue weighted by atomic mass is 19.1. The molecule has 21 heavy (non-hydrogen) atoms. The van der Waals surface area contributed by atoms with Crippen LogP contribution in [-0.4, -0.2) is 42.0 Å². The summed E-state index contributed by atoms with van der Waals surface area (Å²) in [6.45, 7) is 0.295. The molecular formula is C13H11F2NO5. The van der Waals surface area contributed by atoms with E-state index in [9.17, 15) is 28.3 Å². The molecule has 0 radical (unpaired) electrons. The minimum absolute atomic E-state index is 0.535. The minimum Gasteiger partial charge on any atom is -0.467 e. The van der Waals surface area contributed by atoms with Gasteiger partial charge in [0.05, 0.1) is 24.9 Å². The van der Waals surface area contributed by atoms with Crippen molar-refractivity contribution in [1.29, 1.82) is 0 Å². The van der Waals surface area contributed by atoms with E-state index in [1.54, 1.807) is 0 Å². The van der Waals surface area contributed by atoms with Gasteiger partial charge >= 0.3 is 5.97 Å². The van der Waals surface area contributed by atoms with Gasteiger partial charge in [0.1, 0.15) is 11.6 Å². The predicted octanol–water partition coefficient (Wildman–Crippen LogP) is 0.418. The van der Waals surface area contributed by atoms with Crippen molar-refractivity contribution in [1.82, 2.24) is 0 Å². The van der Waals surface area contributed by atoms with Gasteiger partial charge in [-0.05, 0) is 19.1 Å². The van der Waals surface area contributed by atoms with E-state index in [1.807, 2.05) is 0 Å². The second-order valence-corrected chi connectivity index (χ2v) is 4.74. The number of esters is 1. The molecule has 0 aromatic heterocycles. The lowest BCUT2D eigenvalue weighted by Gasteiger charge is -2.26. The van der Waals surface area contributed by atoms with Gasteiger partial charge in [-0.1, -0.05) is 0 Å². The van der Waals surface area contributed by atoms with Crippen LogP contribution >= 0.6 is 0 Å². The van der Waals surface area contributed by atoms with E-state index in [-0.39, 0.29) is 0 Å². The summed E-state index contributed by atoms with van der Waals surface area (Å²) in [6, 6.07) is 1.47. The Balaban J connectivity index is 2.50. The van der Waals surface area contributed by atoms with Gasteiger partial charge in [0.15, 0.2) is 5.60 Å². The summed E-state index contributed by atoms with van der Waals surface area (Å²) in [4.78, 5) is 35.5. The number of nitrogens with zero attached hydrogens (tertiary/aromatic N) is 1. The van der Waals surface area contributed by atoms with Crippen molar-refractivity contribution in [2.75, 3.05) is 18.6 Å². The summed E-state index contributed by atoms with van der Waals surface area (Å²) in [5.41, 5.74) is -3.47. The topological polar surface area (TPSA) is 83.9 Å². The van der Waals surface area contributed by atoms with E-state index in [2.05, 4.69) is 4.74 Å². The second kappa shape index (κ2) is 4.88. The molecule has 0 saturated carbocycles. The molecule has 0 bridgehead atoms. The van der Waals surface area contributed by atoms with E-state index in [1.165, 1.54) is 0 Å². The molecule has 8 heteroatoms. The molecule has 1 atom stereocenters. The number of aliphatic hydroxyl groups is 1. The van der Waals surface area contributed by atoms with Crippen LogP contribution in [-0.2, 0) is 14.3 Å². The summed E-state index contributed by atoms with van der Waals surface area (Å²) in [5.74, 6) is -5.59. The van der Waals surface area contributed by atoms with Gasteiger partial charge in [-0.3, -0.25) is 14.5 Å². The standard InChI is InChI=1S/C13H11F2NO5/c1-13(20,12(19)21-2)5-16-9-7(15)4-3-6(14)8(9)10(17)11(16)18/h3-4,20H,5H2,1-2H3. The Morgan fingerprint density at radius 2 is 1.90 bits per heavy atom. The number of hydrogen-bond donors (Lipinski definition) is 1. The molecule has 6 nitrogen and oxygen atoms in total. The summed E-state index contributed by atoms with van der Waals surface area (Å²) >= 11 is 0. The summed E-state index contributed by atoms with van der Waals surface area (Å²) in [6.07, 6.45) is 0. The van der Waals surface area contributed by atoms with Gasteiger partial charge in [-0.15, -0.1) is 0 Å². The Kier molecular flexibility index (Phi) is 3.50. The van der Waals surface area contributed by atoms with Crippen molar-refractivity contribution in [2.24, 2.45) is 0 Å².